The van der Waals surface area contributed by atoms with Gasteiger partial charge in [-0.3, -0.25) is 14.9 Å². The number of ketones is 1. The summed E-state index contributed by atoms with van der Waals surface area (Å²) in [7, 11) is 0. The molecule has 0 spiro atoms. The standard InChI is InChI=1S/C14H13NO4/c1-3-9-19-12-7-5-11(6-8-12)10-13(15(17)18)14(16)4-2/h1,5-8,10H,4,9H2,2H3. The van der Waals surface area contributed by atoms with E-state index < -0.39 is 16.4 Å². The van der Waals surface area contributed by atoms with Crippen molar-refractivity contribution in [1.82, 2.24) is 0 Å². The lowest BCUT2D eigenvalue weighted by molar-refractivity contribution is -0.417. The van der Waals surface area contributed by atoms with Gasteiger partial charge in [-0.1, -0.05) is 25.0 Å². The van der Waals surface area contributed by atoms with Crippen LogP contribution in [-0.4, -0.2) is 17.3 Å². The minimum absolute atomic E-state index is 0.0934. The van der Waals surface area contributed by atoms with Gasteiger partial charge in [-0.15, -0.1) is 6.42 Å². The van der Waals surface area contributed by atoms with E-state index in [-0.39, 0.29) is 13.0 Å². The van der Waals surface area contributed by atoms with Crippen molar-refractivity contribution in [2.45, 2.75) is 13.3 Å². The van der Waals surface area contributed by atoms with E-state index in [9.17, 15) is 14.9 Å². The number of nitro groups is 1. The molecule has 0 aliphatic heterocycles. The number of rotatable bonds is 6. The first-order valence-corrected chi connectivity index (χ1v) is 5.64. The highest BCUT2D eigenvalue weighted by Gasteiger charge is 2.19. The van der Waals surface area contributed by atoms with Crippen molar-refractivity contribution >= 4 is 11.9 Å². The number of hydrogen-bond acceptors (Lipinski definition) is 4. The van der Waals surface area contributed by atoms with E-state index in [2.05, 4.69) is 5.92 Å². The third-order valence-electron chi connectivity index (χ3n) is 2.31. The zero-order valence-corrected chi connectivity index (χ0v) is 10.5. The number of allylic oxidation sites excluding steroid dienone is 1. The molecule has 19 heavy (non-hydrogen) atoms. The normalized spacial score (nSPS) is 10.6. The first kappa shape index (κ1) is 14.5. The first-order chi connectivity index (χ1) is 9.08. The van der Waals surface area contributed by atoms with E-state index >= 15 is 0 Å². The Hall–Kier alpha value is -2.61. The van der Waals surface area contributed by atoms with E-state index in [1.807, 2.05) is 0 Å². The topological polar surface area (TPSA) is 69.4 Å². The van der Waals surface area contributed by atoms with Crippen LogP contribution in [0.2, 0.25) is 0 Å². The number of Topliss-reactive ketones (excluding diaryl/α,β-unsaturated/α-hetero) is 1. The maximum Gasteiger partial charge on any atom is 0.312 e. The molecule has 0 N–H and O–H groups in total. The Bertz CT molecular complexity index is 538. The first-order valence-electron chi connectivity index (χ1n) is 5.64. The largest absolute Gasteiger partial charge is 0.481 e. The van der Waals surface area contributed by atoms with Crippen LogP contribution in [0.25, 0.3) is 6.08 Å². The molecule has 0 fully saturated rings. The third kappa shape index (κ3) is 4.28. The molecular weight excluding hydrogens is 246 g/mol. The van der Waals surface area contributed by atoms with Gasteiger partial charge in [-0.2, -0.15) is 0 Å². The Morgan fingerprint density at radius 1 is 1.47 bits per heavy atom. The van der Waals surface area contributed by atoms with E-state index in [0.29, 0.717) is 11.3 Å². The second-order valence-electron chi connectivity index (χ2n) is 3.63. The summed E-state index contributed by atoms with van der Waals surface area (Å²) in [5.74, 6) is 2.40. The van der Waals surface area contributed by atoms with Crippen molar-refractivity contribution < 1.29 is 14.5 Å². The van der Waals surface area contributed by atoms with Crippen LogP contribution in [-0.2, 0) is 4.79 Å². The zero-order chi connectivity index (χ0) is 14.3. The van der Waals surface area contributed by atoms with Gasteiger partial charge in [0.15, 0.2) is 0 Å². The molecule has 1 aromatic carbocycles. The van der Waals surface area contributed by atoms with Crippen LogP contribution in [0.1, 0.15) is 18.9 Å². The number of carbonyl (C=O) groups excluding carboxylic acids is 1. The number of nitrogens with zero attached hydrogens (tertiary/aromatic N) is 1. The molecule has 1 aromatic rings. The van der Waals surface area contributed by atoms with Crippen molar-refractivity contribution in [3.63, 3.8) is 0 Å². The Morgan fingerprint density at radius 3 is 2.58 bits per heavy atom. The van der Waals surface area contributed by atoms with Crippen LogP contribution in [0.5, 0.6) is 5.75 Å². The number of hydrogen-bond donors (Lipinski definition) is 0. The van der Waals surface area contributed by atoms with Gasteiger partial charge >= 0.3 is 5.70 Å². The third-order valence-corrected chi connectivity index (χ3v) is 2.31. The van der Waals surface area contributed by atoms with E-state index in [1.54, 1.807) is 31.2 Å². The molecule has 5 nitrogen and oxygen atoms in total. The van der Waals surface area contributed by atoms with Crippen LogP contribution in [0, 0.1) is 22.5 Å². The highest BCUT2D eigenvalue weighted by atomic mass is 16.6. The summed E-state index contributed by atoms with van der Waals surface area (Å²) in [5.41, 5.74) is 0.140. The minimum Gasteiger partial charge on any atom is -0.481 e. The van der Waals surface area contributed by atoms with Gasteiger partial charge in [0.2, 0.25) is 5.78 Å². The highest BCUT2D eigenvalue weighted by Crippen LogP contribution is 2.15. The lowest BCUT2D eigenvalue weighted by Gasteiger charge is -2.02. The van der Waals surface area contributed by atoms with Crippen LogP contribution in [0.3, 0.4) is 0 Å². The second kappa shape index (κ2) is 6.97. The second-order valence-corrected chi connectivity index (χ2v) is 3.63. The summed E-state index contributed by atoms with van der Waals surface area (Å²) in [6.45, 7) is 1.74. The highest BCUT2D eigenvalue weighted by molar-refractivity contribution is 5.96. The molecule has 1 rings (SSSR count). The Balaban J connectivity index is 2.93. The van der Waals surface area contributed by atoms with Crippen molar-refractivity contribution in [2.75, 3.05) is 6.61 Å². The molecule has 0 amide bonds. The van der Waals surface area contributed by atoms with Crippen LogP contribution < -0.4 is 4.74 Å². The fraction of sp³-hybridized carbons (Fsp3) is 0.214. The van der Waals surface area contributed by atoms with Gasteiger partial charge < -0.3 is 4.74 Å². The molecule has 0 unspecified atom stereocenters. The molecular formula is C14H13NO4. The molecule has 0 saturated carbocycles. The van der Waals surface area contributed by atoms with Gasteiger partial charge in [-0.25, -0.2) is 0 Å². The fourth-order valence-corrected chi connectivity index (χ4v) is 1.36. The van der Waals surface area contributed by atoms with Crippen molar-refractivity contribution in [3.8, 4) is 18.1 Å². The predicted molar refractivity (Wildman–Crippen MR) is 71.0 cm³/mol. The van der Waals surface area contributed by atoms with Gasteiger partial charge in [0.1, 0.15) is 12.4 Å². The summed E-state index contributed by atoms with van der Waals surface area (Å²) < 4.78 is 5.17. The van der Waals surface area contributed by atoms with Gasteiger partial charge in [0.25, 0.3) is 0 Å². The summed E-state index contributed by atoms with van der Waals surface area (Å²) in [4.78, 5) is 21.5. The van der Waals surface area contributed by atoms with Crippen LogP contribution in [0.15, 0.2) is 30.0 Å². The van der Waals surface area contributed by atoms with Crippen molar-refractivity contribution in [3.05, 3.63) is 45.6 Å². The molecule has 98 valence electrons. The molecule has 0 aliphatic rings. The monoisotopic (exact) mass is 259 g/mol. The van der Waals surface area contributed by atoms with E-state index in [0.717, 1.165) is 0 Å². The van der Waals surface area contributed by atoms with Gasteiger partial charge in [-0.05, 0) is 17.7 Å². The summed E-state index contributed by atoms with van der Waals surface area (Å²) in [5, 5.41) is 10.8. The smallest absolute Gasteiger partial charge is 0.312 e. The van der Waals surface area contributed by atoms with Gasteiger partial charge in [0, 0.05) is 12.5 Å². The average Bonchev–Trinajstić information content (AvgIpc) is 2.42. The number of terminal acetylenes is 1. The molecule has 0 saturated heterocycles. The summed E-state index contributed by atoms with van der Waals surface area (Å²) >= 11 is 0. The maximum absolute atomic E-state index is 11.4. The Kier molecular flexibility index (Phi) is 5.30. The van der Waals surface area contributed by atoms with Gasteiger partial charge in [0.05, 0.1) is 4.92 Å². The van der Waals surface area contributed by atoms with E-state index in [1.165, 1.54) is 6.08 Å². The summed E-state index contributed by atoms with van der Waals surface area (Å²) in [6.07, 6.45) is 6.40. The predicted octanol–water partition coefficient (Wildman–Crippen LogP) is 2.30. The number of ether oxygens (including phenoxy) is 1. The summed E-state index contributed by atoms with van der Waals surface area (Å²) in [6, 6.07) is 6.52. The molecule has 0 bridgehead atoms. The molecule has 0 aliphatic carbocycles. The maximum atomic E-state index is 11.4. The Morgan fingerprint density at radius 2 is 2.11 bits per heavy atom. The minimum atomic E-state index is -0.672. The SMILES string of the molecule is C#CCOc1ccc(C=C(C(=O)CC)[N+](=O)[O-])cc1. The molecule has 0 radical (unpaired) electrons. The van der Waals surface area contributed by atoms with Crippen LogP contribution >= 0.6 is 0 Å². The number of carbonyl (C=O) groups is 1. The molecule has 0 heterocycles. The molecule has 0 atom stereocenters. The Labute approximate surface area is 111 Å². The van der Waals surface area contributed by atoms with Crippen LogP contribution in [0.4, 0.5) is 0 Å². The van der Waals surface area contributed by atoms with Crippen molar-refractivity contribution in [2.24, 2.45) is 0 Å². The molecule has 0 aromatic heterocycles. The van der Waals surface area contributed by atoms with E-state index in [4.69, 9.17) is 11.2 Å². The lowest BCUT2D eigenvalue weighted by atomic mass is 10.1. The number of benzene rings is 1. The fourth-order valence-electron chi connectivity index (χ4n) is 1.36. The zero-order valence-electron chi connectivity index (χ0n) is 10.5. The average molecular weight is 259 g/mol. The van der Waals surface area contributed by atoms with Crippen molar-refractivity contribution in [1.29, 1.82) is 0 Å². The molecule has 5 heteroatoms. The lowest BCUT2D eigenvalue weighted by Crippen LogP contribution is -2.09. The quantitative estimate of drug-likeness (QED) is 0.340.